The quantitative estimate of drug-likeness (QED) is 0.476. The molecule has 1 aromatic carbocycles. The maximum Gasteiger partial charge on any atom is 0.269 e. The van der Waals surface area contributed by atoms with Crippen molar-refractivity contribution in [2.75, 3.05) is 10.6 Å². The minimum atomic E-state index is -0.663. The van der Waals surface area contributed by atoms with Crippen molar-refractivity contribution in [2.24, 2.45) is 16.9 Å². The Morgan fingerprint density at radius 2 is 1.83 bits per heavy atom. The lowest BCUT2D eigenvalue weighted by molar-refractivity contribution is -0.119. The Morgan fingerprint density at radius 3 is 2.50 bits per heavy atom. The molecule has 8 nitrogen and oxygen atoms in total. The fourth-order valence-corrected chi connectivity index (χ4v) is 3.17. The van der Waals surface area contributed by atoms with E-state index in [4.69, 9.17) is 11.5 Å². The molecule has 2 heterocycles. The summed E-state index contributed by atoms with van der Waals surface area (Å²) in [4.78, 5) is 32.3. The Morgan fingerprint density at radius 1 is 1.07 bits per heavy atom. The monoisotopic (exact) mass is 406 g/mol. The van der Waals surface area contributed by atoms with Crippen molar-refractivity contribution >= 4 is 39.8 Å². The highest BCUT2D eigenvalue weighted by Crippen LogP contribution is 2.27. The molecular formula is C22H26N6O2. The van der Waals surface area contributed by atoms with E-state index in [0.717, 1.165) is 16.6 Å². The summed E-state index contributed by atoms with van der Waals surface area (Å²) in [5.41, 5.74) is 13.5. The first-order valence-electron chi connectivity index (χ1n) is 9.60. The second-order valence-corrected chi connectivity index (χ2v) is 8.38. The number of fused-ring (bicyclic) bond motifs is 1. The molecule has 0 saturated carbocycles. The number of nitrogens with two attached hydrogens (primary N) is 2. The zero-order chi connectivity index (χ0) is 21.9. The summed E-state index contributed by atoms with van der Waals surface area (Å²) in [5, 5.41) is 7.29. The van der Waals surface area contributed by atoms with Crippen LogP contribution in [0.25, 0.3) is 10.9 Å². The number of rotatable bonds is 7. The zero-order valence-corrected chi connectivity index (χ0v) is 17.3. The molecule has 1 unspecified atom stereocenters. The van der Waals surface area contributed by atoms with E-state index in [1.807, 2.05) is 51.1 Å². The summed E-state index contributed by atoms with van der Waals surface area (Å²) in [6.07, 6.45) is 3.72. The summed E-state index contributed by atoms with van der Waals surface area (Å²) in [6.45, 7) is 6.08. The largest absolute Gasteiger partial charge is 0.372 e. The van der Waals surface area contributed by atoms with Gasteiger partial charge in [-0.3, -0.25) is 14.6 Å². The third kappa shape index (κ3) is 5.22. The van der Waals surface area contributed by atoms with Gasteiger partial charge in [-0.15, -0.1) is 0 Å². The van der Waals surface area contributed by atoms with Crippen molar-refractivity contribution < 1.29 is 9.59 Å². The van der Waals surface area contributed by atoms with E-state index in [1.165, 1.54) is 6.20 Å². The average molecular weight is 406 g/mol. The van der Waals surface area contributed by atoms with E-state index in [9.17, 15) is 9.59 Å². The SMILES string of the molecule is CC(C)(C)CC(Nc1cnc(C(N)=O)c(Nc2ccc3cccnc3c2)c1)C(N)=O. The van der Waals surface area contributed by atoms with Gasteiger partial charge in [0.2, 0.25) is 5.91 Å². The number of carbonyl (C=O) groups is 2. The van der Waals surface area contributed by atoms with Crippen LogP contribution in [-0.2, 0) is 4.79 Å². The summed E-state index contributed by atoms with van der Waals surface area (Å²) >= 11 is 0. The predicted molar refractivity (Wildman–Crippen MR) is 118 cm³/mol. The average Bonchev–Trinajstić information content (AvgIpc) is 2.66. The van der Waals surface area contributed by atoms with Gasteiger partial charge < -0.3 is 22.1 Å². The molecule has 1 atom stereocenters. The molecule has 0 saturated heterocycles. The van der Waals surface area contributed by atoms with Crippen LogP contribution in [0.3, 0.4) is 0 Å². The van der Waals surface area contributed by atoms with Gasteiger partial charge in [-0.25, -0.2) is 4.98 Å². The molecule has 3 rings (SSSR count). The Kier molecular flexibility index (Phi) is 5.86. The van der Waals surface area contributed by atoms with Gasteiger partial charge in [0.25, 0.3) is 5.91 Å². The smallest absolute Gasteiger partial charge is 0.269 e. The van der Waals surface area contributed by atoms with Gasteiger partial charge in [0.1, 0.15) is 6.04 Å². The molecule has 0 aliphatic rings. The molecule has 6 N–H and O–H groups in total. The van der Waals surface area contributed by atoms with Gasteiger partial charge in [-0.05, 0) is 36.1 Å². The molecule has 3 aromatic rings. The van der Waals surface area contributed by atoms with Crippen molar-refractivity contribution in [3.63, 3.8) is 0 Å². The van der Waals surface area contributed by atoms with Crippen LogP contribution in [0.5, 0.6) is 0 Å². The number of anilines is 3. The van der Waals surface area contributed by atoms with Crippen LogP contribution in [0.4, 0.5) is 17.1 Å². The number of hydrogen-bond acceptors (Lipinski definition) is 6. The summed E-state index contributed by atoms with van der Waals surface area (Å²) < 4.78 is 0. The van der Waals surface area contributed by atoms with Gasteiger partial charge in [-0.2, -0.15) is 0 Å². The number of nitrogens with zero attached hydrogens (tertiary/aromatic N) is 2. The topological polar surface area (TPSA) is 136 Å². The Labute approximate surface area is 175 Å². The maximum absolute atomic E-state index is 11.9. The van der Waals surface area contributed by atoms with Crippen molar-refractivity contribution in [3.8, 4) is 0 Å². The van der Waals surface area contributed by atoms with Crippen LogP contribution in [0.2, 0.25) is 0 Å². The highest BCUT2D eigenvalue weighted by molar-refractivity contribution is 5.98. The summed E-state index contributed by atoms with van der Waals surface area (Å²) in [5.74, 6) is -1.12. The molecule has 0 spiro atoms. The number of amides is 2. The molecule has 2 aromatic heterocycles. The molecule has 0 aliphatic heterocycles. The molecule has 30 heavy (non-hydrogen) atoms. The lowest BCUT2D eigenvalue weighted by Crippen LogP contribution is -2.38. The molecular weight excluding hydrogens is 380 g/mol. The fraction of sp³-hybridized carbons (Fsp3) is 0.273. The number of primary amides is 2. The van der Waals surface area contributed by atoms with Crippen molar-refractivity contribution in [3.05, 3.63) is 54.5 Å². The first kappa shape index (κ1) is 21.0. The number of aromatic nitrogens is 2. The van der Waals surface area contributed by atoms with E-state index in [-0.39, 0.29) is 11.1 Å². The van der Waals surface area contributed by atoms with Crippen molar-refractivity contribution in [2.45, 2.75) is 33.2 Å². The number of nitrogens with one attached hydrogen (secondary N) is 2. The normalized spacial score (nSPS) is 12.4. The van der Waals surface area contributed by atoms with Crippen LogP contribution in [0.1, 0.15) is 37.7 Å². The van der Waals surface area contributed by atoms with E-state index in [1.54, 1.807) is 12.3 Å². The predicted octanol–water partition coefficient (Wildman–Crippen LogP) is 3.17. The van der Waals surface area contributed by atoms with E-state index < -0.39 is 17.9 Å². The van der Waals surface area contributed by atoms with Crippen LogP contribution in [-0.4, -0.2) is 27.8 Å². The lowest BCUT2D eigenvalue weighted by Gasteiger charge is -2.25. The first-order valence-corrected chi connectivity index (χ1v) is 9.60. The van der Waals surface area contributed by atoms with Gasteiger partial charge in [0, 0.05) is 17.3 Å². The Balaban J connectivity index is 1.92. The molecule has 0 fully saturated rings. The van der Waals surface area contributed by atoms with Crippen molar-refractivity contribution in [1.29, 1.82) is 0 Å². The molecule has 156 valence electrons. The van der Waals surface area contributed by atoms with E-state index in [0.29, 0.717) is 17.8 Å². The third-order valence-electron chi connectivity index (χ3n) is 4.51. The standard InChI is InChI=1S/C22H26N6O2/c1-22(2,3)11-18(20(23)29)28-15-10-17(19(21(24)30)26-12-15)27-14-7-6-13-5-4-8-25-16(13)9-14/h4-10,12,18,27-28H,11H2,1-3H3,(H2,23,29)(H2,24,30). The van der Waals surface area contributed by atoms with Gasteiger partial charge in [0.15, 0.2) is 5.69 Å². The minimum Gasteiger partial charge on any atom is -0.372 e. The second kappa shape index (κ2) is 8.36. The first-order chi connectivity index (χ1) is 14.1. The number of pyridine rings is 2. The van der Waals surface area contributed by atoms with E-state index >= 15 is 0 Å². The molecule has 0 bridgehead atoms. The second-order valence-electron chi connectivity index (χ2n) is 8.38. The third-order valence-corrected chi connectivity index (χ3v) is 4.51. The molecule has 0 aliphatic carbocycles. The van der Waals surface area contributed by atoms with Crippen molar-refractivity contribution in [1.82, 2.24) is 9.97 Å². The van der Waals surface area contributed by atoms with Crippen LogP contribution in [0.15, 0.2) is 48.8 Å². The number of hydrogen-bond donors (Lipinski definition) is 4. The Hall–Kier alpha value is -3.68. The maximum atomic E-state index is 11.9. The van der Waals surface area contributed by atoms with Crippen LogP contribution < -0.4 is 22.1 Å². The molecule has 2 amide bonds. The minimum absolute atomic E-state index is 0.0908. The summed E-state index contributed by atoms with van der Waals surface area (Å²) in [7, 11) is 0. The number of benzene rings is 1. The number of carbonyl (C=O) groups excluding carboxylic acids is 2. The van der Waals surface area contributed by atoms with E-state index in [2.05, 4.69) is 20.6 Å². The molecule has 0 radical (unpaired) electrons. The van der Waals surface area contributed by atoms with Gasteiger partial charge >= 0.3 is 0 Å². The Bertz CT molecular complexity index is 1090. The lowest BCUT2D eigenvalue weighted by atomic mass is 9.88. The molecule has 8 heteroatoms. The van der Waals surface area contributed by atoms with Crippen LogP contribution >= 0.6 is 0 Å². The highest BCUT2D eigenvalue weighted by Gasteiger charge is 2.23. The highest BCUT2D eigenvalue weighted by atomic mass is 16.1. The van der Waals surface area contributed by atoms with Gasteiger partial charge in [-0.1, -0.05) is 32.9 Å². The fourth-order valence-electron chi connectivity index (χ4n) is 3.17. The van der Waals surface area contributed by atoms with Gasteiger partial charge in [0.05, 0.1) is 23.1 Å². The zero-order valence-electron chi connectivity index (χ0n) is 17.3. The van der Waals surface area contributed by atoms with Crippen LogP contribution in [0, 0.1) is 5.41 Å². The summed E-state index contributed by atoms with van der Waals surface area (Å²) in [6, 6.07) is 10.6.